The van der Waals surface area contributed by atoms with Crippen molar-refractivity contribution in [3.8, 4) is 0 Å². The molecule has 0 radical (unpaired) electrons. The lowest BCUT2D eigenvalue weighted by atomic mass is 10.1. The van der Waals surface area contributed by atoms with Crippen LogP contribution in [0.3, 0.4) is 0 Å². The number of anilines is 1. The Hall–Kier alpha value is -2.86. The van der Waals surface area contributed by atoms with Gasteiger partial charge in [-0.3, -0.25) is 9.69 Å². The van der Waals surface area contributed by atoms with E-state index in [-0.39, 0.29) is 11.9 Å². The van der Waals surface area contributed by atoms with Crippen molar-refractivity contribution in [1.29, 1.82) is 0 Å². The highest BCUT2D eigenvalue weighted by molar-refractivity contribution is 6.04. The molecule has 2 aromatic carbocycles. The molecule has 2 aliphatic rings. The fourth-order valence-corrected chi connectivity index (χ4v) is 3.95. The summed E-state index contributed by atoms with van der Waals surface area (Å²) in [5, 5.41) is 2.83. The van der Waals surface area contributed by atoms with Gasteiger partial charge in [-0.15, -0.1) is 0 Å². The number of rotatable bonds is 5. The van der Waals surface area contributed by atoms with Gasteiger partial charge in [-0.2, -0.15) is 0 Å². The van der Waals surface area contributed by atoms with Crippen molar-refractivity contribution in [2.45, 2.75) is 19.4 Å². The van der Waals surface area contributed by atoms with Crippen molar-refractivity contribution in [3.63, 3.8) is 0 Å². The fraction of sp³-hybridized carbons (Fsp3) is 0.364. The number of hydrogen-bond donors (Lipinski definition) is 1. The minimum Gasteiger partial charge on any atom is -0.369 e. The second-order valence-electron chi connectivity index (χ2n) is 7.49. The summed E-state index contributed by atoms with van der Waals surface area (Å²) in [6, 6.07) is 17.4. The van der Waals surface area contributed by atoms with E-state index in [1.807, 2.05) is 30.3 Å². The third-order valence-electron chi connectivity index (χ3n) is 5.56. The van der Waals surface area contributed by atoms with Gasteiger partial charge in [-0.05, 0) is 24.1 Å². The maximum absolute atomic E-state index is 12.7. The number of urea groups is 1. The first-order valence-corrected chi connectivity index (χ1v) is 9.80. The number of hydrogen-bond acceptors (Lipinski definition) is 4. The van der Waals surface area contributed by atoms with E-state index in [9.17, 15) is 9.59 Å². The molecule has 3 amide bonds. The van der Waals surface area contributed by atoms with Crippen LogP contribution in [0.5, 0.6) is 0 Å². The highest BCUT2D eigenvalue weighted by atomic mass is 16.2. The van der Waals surface area contributed by atoms with E-state index in [2.05, 4.69) is 46.3 Å². The third kappa shape index (κ3) is 3.87. The van der Waals surface area contributed by atoms with Gasteiger partial charge in [-0.1, -0.05) is 48.5 Å². The molecule has 2 fully saturated rings. The monoisotopic (exact) mass is 378 g/mol. The van der Waals surface area contributed by atoms with Crippen LogP contribution >= 0.6 is 0 Å². The summed E-state index contributed by atoms with van der Waals surface area (Å²) >= 11 is 0. The third-order valence-corrected chi connectivity index (χ3v) is 5.56. The van der Waals surface area contributed by atoms with Crippen molar-refractivity contribution in [2.75, 3.05) is 37.7 Å². The number of para-hydroxylation sites is 1. The van der Waals surface area contributed by atoms with Crippen molar-refractivity contribution in [2.24, 2.45) is 0 Å². The van der Waals surface area contributed by atoms with Gasteiger partial charge in [-0.25, -0.2) is 9.69 Å². The predicted molar refractivity (Wildman–Crippen MR) is 109 cm³/mol. The molecule has 28 heavy (non-hydrogen) atoms. The zero-order valence-electron chi connectivity index (χ0n) is 16.2. The quantitative estimate of drug-likeness (QED) is 0.811. The number of amides is 3. The molecule has 2 saturated heterocycles. The van der Waals surface area contributed by atoms with Crippen LogP contribution in [0.1, 0.15) is 11.1 Å². The first kappa shape index (κ1) is 18.5. The molecule has 0 saturated carbocycles. The van der Waals surface area contributed by atoms with Crippen molar-refractivity contribution >= 4 is 17.6 Å². The van der Waals surface area contributed by atoms with Crippen LogP contribution in [0.15, 0.2) is 54.6 Å². The molecule has 146 valence electrons. The summed E-state index contributed by atoms with van der Waals surface area (Å²) in [7, 11) is 0. The smallest absolute Gasteiger partial charge is 0.325 e. The van der Waals surface area contributed by atoms with Gasteiger partial charge in [0, 0.05) is 38.3 Å². The number of nitrogens with zero attached hydrogens (tertiary/aromatic N) is 3. The molecule has 4 rings (SSSR count). The SMILES string of the molecule is Cc1ccccc1N1CCN(CN2C(=O)NC(Cc3ccccc3)C2=O)CC1. The van der Waals surface area contributed by atoms with E-state index in [0.29, 0.717) is 13.1 Å². The number of piperazine rings is 1. The van der Waals surface area contributed by atoms with Crippen molar-refractivity contribution < 1.29 is 9.59 Å². The van der Waals surface area contributed by atoms with E-state index in [1.54, 1.807) is 0 Å². The Morgan fingerprint density at radius 1 is 0.929 bits per heavy atom. The van der Waals surface area contributed by atoms with Crippen LogP contribution in [0.4, 0.5) is 10.5 Å². The van der Waals surface area contributed by atoms with Crippen molar-refractivity contribution in [1.82, 2.24) is 15.1 Å². The number of imide groups is 1. The average molecular weight is 378 g/mol. The second kappa shape index (κ2) is 8.02. The summed E-state index contributed by atoms with van der Waals surface area (Å²) in [6.45, 7) is 5.92. The van der Waals surface area contributed by atoms with Gasteiger partial charge in [0.25, 0.3) is 5.91 Å². The highest BCUT2D eigenvalue weighted by Gasteiger charge is 2.39. The van der Waals surface area contributed by atoms with Gasteiger partial charge in [0.05, 0.1) is 6.67 Å². The van der Waals surface area contributed by atoms with Gasteiger partial charge < -0.3 is 10.2 Å². The Balaban J connectivity index is 1.33. The summed E-state index contributed by atoms with van der Waals surface area (Å²) in [6.07, 6.45) is 0.531. The van der Waals surface area contributed by atoms with Crippen LogP contribution < -0.4 is 10.2 Å². The molecule has 1 atom stereocenters. The molecule has 1 N–H and O–H groups in total. The fourth-order valence-electron chi connectivity index (χ4n) is 3.95. The van der Waals surface area contributed by atoms with E-state index in [1.165, 1.54) is 16.2 Å². The molecule has 0 spiro atoms. The number of carbonyl (C=O) groups excluding carboxylic acids is 2. The molecule has 2 aliphatic heterocycles. The largest absolute Gasteiger partial charge is 0.369 e. The van der Waals surface area contributed by atoms with Crippen LogP contribution in [-0.4, -0.2) is 60.6 Å². The van der Waals surface area contributed by atoms with Crippen molar-refractivity contribution in [3.05, 3.63) is 65.7 Å². The summed E-state index contributed by atoms with van der Waals surface area (Å²) < 4.78 is 0. The molecule has 2 heterocycles. The predicted octanol–water partition coefficient (Wildman–Crippen LogP) is 2.24. The first-order valence-electron chi connectivity index (χ1n) is 9.80. The normalized spacial score (nSPS) is 20.5. The molecule has 0 aromatic heterocycles. The Morgan fingerprint density at radius 3 is 2.32 bits per heavy atom. The summed E-state index contributed by atoms with van der Waals surface area (Å²) in [5.74, 6) is -0.129. The van der Waals surface area contributed by atoms with Gasteiger partial charge >= 0.3 is 6.03 Å². The minimum absolute atomic E-state index is 0.129. The van der Waals surface area contributed by atoms with E-state index >= 15 is 0 Å². The molecule has 6 heteroatoms. The molecule has 6 nitrogen and oxygen atoms in total. The maximum Gasteiger partial charge on any atom is 0.325 e. The average Bonchev–Trinajstić information content (AvgIpc) is 2.97. The first-order chi connectivity index (χ1) is 13.6. The second-order valence-corrected chi connectivity index (χ2v) is 7.49. The lowest BCUT2D eigenvalue weighted by molar-refractivity contribution is -0.129. The Kier molecular flexibility index (Phi) is 5.30. The van der Waals surface area contributed by atoms with Gasteiger partial charge in [0.1, 0.15) is 6.04 Å². The molecule has 2 aromatic rings. The van der Waals surface area contributed by atoms with E-state index in [0.717, 1.165) is 31.7 Å². The standard InChI is InChI=1S/C22H26N4O2/c1-17-7-5-6-10-20(17)25-13-11-24(12-14-25)16-26-21(27)19(23-22(26)28)15-18-8-3-2-4-9-18/h2-10,19H,11-16H2,1H3,(H,23,28). The van der Waals surface area contributed by atoms with Crippen LogP contribution in [0.25, 0.3) is 0 Å². The van der Waals surface area contributed by atoms with Gasteiger partial charge in [0.15, 0.2) is 0 Å². The Morgan fingerprint density at radius 2 is 1.61 bits per heavy atom. The minimum atomic E-state index is -0.469. The van der Waals surface area contributed by atoms with E-state index < -0.39 is 6.04 Å². The highest BCUT2D eigenvalue weighted by Crippen LogP contribution is 2.21. The molecular formula is C22H26N4O2. The Labute approximate surface area is 165 Å². The zero-order chi connectivity index (χ0) is 19.5. The maximum atomic E-state index is 12.7. The molecule has 0 aliphatic carbocycles. The molecule has 0 bridgehead atoms. The Bertz CT molecular complexity index is 847. The lowest BCUT2D eigenvalue weighted by Crippen LogP contribution is -2.51. The molecular weight excluding hydrogens is 352 g/mol. The number of benzene rings is 2. The van der Waals surface area contributed by atoms with Crippen LogP contribution in [-0.2, 0) is 11.2 Å². The topological polar surface area (TPSA) is 55.9 Å². The summed E-state index contributed by atoms with van der Waals surface area (Å²) in [4.78, 5) is 31.0. The number of aryl methyl sites for hydroxylation is 1. The zero-order valence-corrected chi connectivity index (χ0v) is 16.2. The lowest BCUT2D eigenvalue weighted by Gasteiger charge is -2.37. The number of nitrogens with one attached hydrogen (secondary N) is 1. The van der Waals surface area contributed by atoms with E-state index in [4.69, 9.17) is 0 Å². The van der Waals surface area contributed by atoms with Gasteiger partial charge in [0.2, 0.25) is 0 Å². The summed E-state index contributed by atoms with van der Waals surface area (Å²) in [5.41, 5.74) is 3.59. The molecule has 1 unspecified atom stereocenters. The number of carbonyl (C=O) groups is 2. The van der Waals surface area contributed by atoms with Crippen LogP contribution in [0, 0.1) is 6.92 Å². The van der Waals surface area contributed by atoms with Crippen LogP contribution in [0.2, 0.25) is 0 Å².